The third kappa shape index (κ3) is 4.52. The molecular formula is C24H21N5O3S. The molecule has 8 nitrogen and oxygen atoms in total. The van der Waals surface area contributed by atoms with Gasteiger partial charge in [0.05, 0.1) is 18.5 Å². The molecule has 0 unspecified atom stereocenters. The van der Waals surface area contributed by atoms with Crippen molar-refractivity contribution in [3.8, 4) is 28.3 Å². The maximum Gasteiger partial charge on any atom is 0.266 e. The van der Waals surface area contributed by atoms with Crippen LogP contribution in [-0.4, -0.2) is 29.0 Å². The SMILES string of the molecule is N#Cc1nc(-c2ccco2)oc1N1CCC(C(=O)NCc2csc(-c3ccccc3)n2)CC1. The molecule has 5 rings (SSSR count). The first-order chi connectivity index (χ1) is 16.2. The van der Waals surface area contributed by atoms with E-state index in [1.165, 1.54) is 6.26 Å². The molecule has 33 heavy (non-hydrogen) atoms. The zero-order chi connectivity index (χ0) is 22.6. The molecule has 0 aliphatic carbocycles. The largest absolute Gasteiger partial charge is 0.459 e. The first-order valence-corrected chi connectivity index (χ1v) is 11.6. The number of furan rings is 1. The van der Waals surface area contributed by atoms with Crippen molar-refractivity contribution in [1.29, 1.82) is 5.26 Å². The summed E-state index contributed by atoms with van der Waals surface area (Å²) in [4.78, 5) is 23.6. The molecule has 1 amide bonds. The smallest absolute Gasteiger partial charge is 0.266 e. The van der Waals surface area contributed by atoms with Crippen LogP contribution in [0, 0.1) is 17.2 Å². The van der Waals surface area contributed by atoms with Crippen molar-refractivity contribution in [2.45, 2.75) is 19.4 Å². The number of nitriles is 1. The van der Waals surface area contributed by atoms with Gasteiger partial charge in [-0.2, -0.15) is 10.2 Å². The van der Waals surface area contributed by atoms with Crippen molar-refractivity contribution in [2.75, 3.05) is 18.0 Å². The predicted octanol–water partition coefficient (Wildman–Crippen LogP) is 4.46. The molecule has 1 fully saturated rings. The van der Waals surface area contributed by atoms with Gasteiger partial charge in [-0.3, -0.25) is 4.79 Å². The van der Waals surface area contributed by atoms with E-state index >= 15 is 0 Å². The van der Waals surface area contributed by atoms with Crippen LogP contribution in [0.1, 0.15) is 24.2 Å². The van der Waals surface area contributed by atoms with E-state index in [2.05, 4.69) is 21.4 Å². The summed E-state index contributed by atoms with van der Waals surface area (Å²) in [6, 6.07) is 15.6. The molecule has 4 aromatic rings. The molecule has 0 saturated carbocycles. The molecule has 0 atom stereocenters. The van der Waals surface area contributed by atoms with Crippen LogP contribution in [-0.2, 0) is 11.3 Å². The quantitative estimate of drug-likeness (QED) is 0.453. The number of carbonyl (C=O) groups excluding carboxylic acids is 1. The number of rotatable bonds is 6. The maximum absolute atomic E-state index is 12.7. The molecular weight excluding hydrogens is 438 g/mol. The number of hydrogen-bond acceptors (Lipinski definition) is 8. The highest BCUT2D eigenvalue weighted by Gasteiger charge is 2.29. The Morgan fingerprint density at radius 2 is 2.00 bits per heavy atom. The van der Waals surface area contributed by atoms with E-state index in [1.807, 2.05) is 40.6 Å². The van der Waals surface area contributed by atoms with Crippen molar-refractivity contribution in [3.63, 3.8) is 0 Å². The van der Waals surface area contributed by atoms with Crippen LogP contribution in [0.4, 0.5) is 5.88 Å². The molecule has 0 spiro atoms. The number of aromatic nitrogens is 2. The van der Waals surface area contributed by atoms with Crippen LogP contribution in [0.5, 0.6) is 0 Å². The number of anilines is 1. The van der Waals surface area contributed by atoms with Crippen LogP contribution < -0.4 is 10.2 Å². The average molecular weight is 460 g/mol. The summed E-state index contributed by atoms with van der Waals surface area (Å²) in [5, 5.41) is 15.4. The van der Waals surface area contributed by atoms with Gasteiger partial charge in [-0.25, -0.2) is 4.98 Å². The summed E-state index contributed by atoms with van der Waals surface area (Å²) in [7, 11) is 0. The van der Waals surface area contributed by atoms with E-state index in [0.717, 1.165) is 16.3 Å². The van der Waals surface area contributed by atoms with Crippen molar-refractivity contribution in [1.82, 2.24) is 15.3 Å². The van der Waals surface area contributed by atoms with Crippen molar-refractivity contribution in [3.05, 3.63) is 65.5 Å². The van der Waals surface area contributed by atoms with Gasteiger partial charge in [0.1, 0.15) is 11.1 Å². The average Bonchev–Trinajstić information content (AvgIpc) is 3.63. The van der Waals surface area contributed by atoms with Gasteiger partial charge in [-0.05, 0) is 25.0 Å². The number of oxazole rings is 1. The normalized spacial score (nSPS) is 14.2. The Labute approximate surface area is 194 Å². The van der Waals surface area contributed by atoms with E-state index < -0.39 is 0 Å². The van der Waals surface area contributed by atoms with Crippen LogP contribution in [0.3, 0.4) is 0 Å². The summed E-state index contributed by atoms with van der Waals surface area (Å²) >= 11 is 1.57. The predicted molar refractivity (Wildman–Crippen MR) is 123 cm³/mol. The number of benzene rings is 1. The number of amides is 1. The summed E-state index contributed by atoms with van der Waals surface area (Å²) in [5.74, 6) is 1.12. The molecule has 0 bridgehead atoms. The van der Waals surface area contributed by atoms with Gasteiger partial charge in [0.25, 0.3) is 5.89 Å². The molecule has 0 radical (unpaired) electrons. The van der Waals surface area contributed by atoms with Crippen molar-refractivity contribution < 1.29 is 13.6 Å². The Balaban J connectivity index is 1.16. The Kier molecular flexibility index (Phi) is 5.91. The molecule has 166 valence electrons. The molecule has 9 heteroatoms. The number of piperidine rings is 1. The fourth-order valence-corrected chi connectivity index (χ4v) is 4.70. The molecule has 1 N–H and O–H groups in total. The monoisotopic (exact) mass is 459 g/mol. The minimum absolute atomic E-state index is 0.0262. The van der Waals surface area contributed by atoms with E-state index in [0.29, 0.717) is 44.1 Å². The van der Waals surface area contributed by atoms with E-state index in [9.17, 15) is 10.1 Å². The topological polar surface area (TPSA) is 108 Å². The lowest BCUT2D eigenvalue weighted by molar-refractivity contribution is -0.125. The van der Waals surface area contributed by atoms with E-state index in [-0.39, 0.29) is 23.4 Å². The zero-order valence-corrected chi connectivity index (χ0v) is 18.5. The fourth-order valence-electron chi connectivity index (χ4n) is 3.87. The first kappa shape index (κ1) is 21.0. The van der Waals surface area contributed by atoms with Gasteiger partial charge < -0.3 is 19.1 Å². The lowest BCUT2D eigenvalue weighted by Gasteiger charge is -2.30. The standard InChI is InChI=1S/C24H21N5O3S/c25-13-19-24(32-22(28-19)20-7-4-12-31-20)29-10-8-16(9-11-29)21(30)26-14-18-15-33-23(27-18)17-5-2-1-3-6-17/h1-7,12,15-16H,8-11,14H2,(H,26,30). The Morgan fingerprint density at radius 3 is 2.73 bits per heavy atom. The van der Waals surface area contributed by atoms with Gasteiger partial charge >= 0.3 is 0 Å². The number of hydrogen-bond donors (Lipinski definition) is 1. The van der Waals surface area contributed by atoms with Crippen LogP contribution >= 0.6 is 11.3 Å². The second-order valence-corrected chi connectivity index (χ2v) is 8.61. The number of thiazole rings is 1. The number of nitrogens with one attached hydrogen (secondary N) is 1. The van der Waals surface area contributed by atoms with E-state index in [4.69, 9.17) is 8.83 Å². The van der Waals surface area contributed by atoms with Crippen LogP contribution in [0.2, 0.25) is 0 Å². The lowest BCUT2D eigenvalue weighted by Crippen LogP contribution is -2.40. The lowest BCUT2D eigenvalue weighted by atomic mass is 9.96. The molecule has 4 heterocycles. The van der Waals surface area contributed by atoms with Crippen LogP contribution in [0.25, 0.3) is 22.2 Å². The summed E-state index contributed by atoms with van der Waals surface area (Å²) in [6.07, 6.45) is 2.86. The Hall–Kier alpha value is -3.90. The number of carbonyl (C=O) groups is 1. The second kappa shape index (κ2) is 9.30. The molecule has 1 aliphatic rings. The Bertz CT molecular complexity index is 1270. The molecule has 1 saturated heterocycles. The second-order valence-electron chi connectivity index (χ2n) is 7.75. The summed E-state index contributed by atoms with van der Waals surface area (Å²) in [6.45, 7) is 1.62. The van der Waals surface area contributed by atoms with Gasteiger partial charge in [-0.15, -0.1) is 11.3 Å². The highest BCUT2D eigenvalue weighted by atomic mass is 32.1. The van der Waals surface area contributed by atoms with Gasteiger partial charge in [0.15, 0.2) is 5.76 Å². The van der Waals surface area contributed by atoms with Crippen molar-refractivity contribution in [2.24, 2.45) is 5.92 Å². The third-order valence-electron chi connectivity index (χ3n) is 5.62. The third-order valence-corrected chi connectivity index (χ3v) is 6.56. The first-order valence-electron chi connectivity index (χ1n) is 10.7. The fraction of sp³-hybridized carbons (Fsp3) is 0.250. The Morgan fingerprint density at radius 1 is 1.18 bits per heavy atom. The maximum atomic E-state index is 12.7. The zero-order valence-electron chi connectivity index (χ0n) is 17.7. The molecule has 1 aromatic carbocycles. The van der Waals surface area contributed by atoms with Crippen LogP contribution in [0.15, 0.2) is 62.9 Å². The van der Waals surface area contributed by atoms with Gasteiger partial charge in [-0.1, -0.05) is 30.3 Å². The highest BCUT2D eigenvalue weighted by molar-refractivity contribution is 7.13. The van der Waals surface area contributed by atoms with E-state index in [1.54, 1.807) is 23.5 Å². The summed E-state index contributed by atoms with van der Waals surface area (Å²) < 4.78 is 11.1. The van der Waals surface area contributed by atoms with Gasteiger partial charge in [0.2, 0.25) is 17.5 Å². The summed E-state index contributed by atoms with van der Waals surface area (Å²) in [5.41, 5.74) is 2.16. The molecule has 3 aromatic heterocycles. The molecule has 1 aliphatic heterocycles. The van der Waals surface area contributed by atoms with Crippen molar-refractivity contribution >= 4 is 23.1 Å². The van der Waals surface area contributed by atoms with Gasteiger partial charge in [0, 0.05) is 30.0 Å². The minimum Gasteiger partial charge on any atom is -0.459 e. The number of nitrogens with zero attached hydrogens (tertiary/aromatic N) is 4. The minimum atomic E-state index is -0.0912. The highest BCUT2D eigenvalue weighted by Crippen LogP contribution is 2.31.